The molecule has 12 nitrogen and oxygen atoms in total. The third-order valence-electron chi connectivity index (χ3n) is 4.63. The Kier molecular flexibility index (Phi) is 6.58. The number of methoxy groups -OCH3 is 1. The first kappa shape index (κ1) is 22.0. The lowest BCUT2D eigenvalue weighted by atomic mass is 9.88. The molecule has 14 heteroatoms. The van der Waals surface area contributed by atoms with Gasteiger partial charge in [0, 0.05) is 24.8 Å². The molecule has 30 heavy (non-hydrogen) atoms. The number of nitrogens with zero attached hydrogens (tertiary/aromatic N) is 3. The van der Waals surface area contributed by atoms with Gasteiger partial charge in [-0.2, -0.15) is 0 Å². The smallest absolute Gasteiger partial charge is 0.314 e. The molecule has 0 aromatic carbocycles. The van der Waals surface area contributed by atoms with Gasteiger partial charge in [0.1, 0.15) is 29.6 Å². The van der Waals surface area contributed by atoms with Crippen molar-refractivity contribution in [3.8, 4) is 0 Å². The van der Waals surface area contributed by atoms with Crippen LogP contribution in [0.5, 0.6) is 0 Å². The number of oxime groups is 1. The van der Waals surface area contributed by atoms with Gasteiger partial charge < -0.3 is 30.2 Å². The van der Waals surface area contributed by atoms with Crippen molar-refractivity contribution in [3.63, 3.8) is 0 Å². The summed E-state index contributed by atoms with van der Waals surface area (Å²) in [5, 5.41) is 19.6. The summed E-state index contributed by atoms with van der Waals surface area (Å²) in [5.41, 5.74) is -1.17. The van der Waals surface area contributed by atoms with Crippen molar-refractivity contribution < 1.29 is 33.9 Å². The molecular weight excluding hydrogens is 438 g/mol. The lowest BCUT2D eigenvalue weighted by Crippen LogP contribution is -2.74. The van der Waals surface area contributed by atoms with Gasteiger partial charge in [-0.25, -0.2) is 4.98 Å². The molecule has 2 saturated heterocycles. The number of anilines is 1. The van der Waals surface area contributed by atoms with Crippen LogP contribution in [0.4, 0.5) is 5.13 Å². The van der Waals surface area contributed by atoms with E-state index in [2.05, 4.69) is 20.8 Å². The Morgan fingerprint density at radius 1 is 1.50 bits per heavy atom. The fourth-order valence-electron chi connectivity index (χ4n) is 3.19. The predicted molar refractivity (Wildman–Crippen MR) is 107 cm³/mol. The molecular formula is C16H19N5O7S2. The molecule has 3 heterocycles. The van der Waals surface area contributed by atoms with Crippen molar-refractivity contribution >= 4 is 58.1 Å². The molecule has 0 saturated carbocycles. The number of nitrogens with one attached hydrogen (secondary N) is 2. The quantitative estimate of drug-likeness (QED) is 0.186. The Bertz CT molecular complexity index is 891. The number of β-lactam (4-membered cyclic amide) rings is 1. The van der Waals surface area contributed by atoms with Crippen molar-refractivity contribution in [2.24, 2.45) is 10.6 Å². The van der Waals surface area contributed by atoms with Crippen LogP contribution in [0.25, 0.3) is 0 Å². The Hall–Kier alpha value is -2.71. The number of carboxylic acid groups (broad SMARTS) is 1. The highest BCUT2D eigenvalue weighted by atomic mass is 32.2. The number of carbonyl (C=O) groups is 4. The van der Waals surface area contributed by atoms with Crippen LogP contribution < -0.4 is 10.6 Å². The van der Waals surface area contributed by atoms with Crippen molar-refractivity contribution in [2.45, 2.75) is 11.4 Å². The summed E-state index contributed by atoms with van der Waals surface area (Å²) >= 11 is 2.36. The number of ether oxygens (including phenoxy) is 1. The lowest BCUT2D eigenvalue weighted by molar-refractivity contribution is -0.161. The minimum Gasteiger partial charge on any atom is -0.481 e. The highest BCUT2D eigenvalue weighted by molar-refractivity contribution is 8.00. The summed E-state index contributed by atoms with van der Waals surface area (Å²) in [6.07, 6.45) is 0.457. The Labute approximate surface area is 179 Å². The van der Waals surface area contributed by atoms with Crippen LogP contribution in [0.2, 0.25) is 0 Å². The van der Waals surface area contributed by atoms with Gasteiger partial charge in [-0.15, -0.1) is 23.1 Å². The second-order valence-electron chi connectivity index (χ2n) is 6.56. The summed E-state index contributed by atoms with van der Waals surface area (Å²) in [6.45, 7) is -0.0145. The topological polar surface area (TPSA) is 160 Å². The summed E-state index contributed by atoms with van der Waals surface area (Å²) in [6, 6.07) is -0.829. The average Bonchev–Trinajstić information content (AvgIpc) is 3.18. The number of amides is 3. The first-order valence-electron chi connectivity index (χ1n) is 8.59. The fraction of sp³-hybridized carbons (Fsp3) is 0.500. The van der Waals surface area contributed by atoms with E-state index in [9.17, 15) is 24.3 Å². The summed E-state index contributed by atoms with van der Waals surface area (Å²) in [4.78, 5) is 57.8. The van der Waals surface area contributed by atoms with Gasteiger partial charge in [0.25, 0.3) is 5.91 Å². The normalized spacial score (nSPS) is 25.7. The first-order valence-corrected chi connectivity index (χ1v) is 10.5. The second kappa shape index (κ2) is 8.97. The number of fused-ring (bicyclic) bond motifs is 1. The van der Waals surface area contributed by atoms with E-state index in [-0.39, 0.29) is 41.3 Å². The molecule has 3 N–H and O–H groups in total. The molecule has 2 unspecified atom stereocenters. The zero-order valence-electron chi connectivity index (χ0n) is 16.0. The summed E-state index contributed by atoms with van der Waals surface area (Å²) in [5.74, 6) is -1.86. The SMILES string of the molecule is COCC1(C(=O)O)CS[C@@H]2C(NC(=O)C(=NOC)c3csc(NC=O)n3)C(=O)N2C1. The molecule has 162 valence electrons. The highest BCUT2D eigenvalue weighted by Crippen LogP contribution is 2.42. The van der Waals surface area contributed by atoms with Gasteiger partial charge >= 0.3 is 5.97 Å². The van der Waals surface area contributed by atoms with Gasteiger partial charge in [0.15, 0.2) is 10.8 Å². The maximum absolute atomic E-state index is 12.7. The maximum Gasteiger partial charge on any atom is 0.314 e. The number of thioether (sulfide) groups is 1. The van der Waals surface area contributed by atoms with Crippen molar-refractivity contribution in [2.75, 3.05) is 38.4 Å². The number of carboxylic acids is 1. The van der Waals surface area contributed by atoms with E-state index in [0.717, 1.165) is 11.3 Å². The van der Waals surface area contributed by atoms with Crippen molar-refractivity contribution in [1.82, 2.24) is 15.2 Å². The zero-order chi connectivity index (χ0) is 21.9. The molecule has 3 atom stereocenters. The van der Waals surface area contributed by atoms with Crippen LogP contribution in [0.15, 0.2) is 10.5 Å². The minimum absolute atomic E-state index is 0.00483. The van der Waals surface area contributed by atoms with E-state index in [1.807, 2.05) is 0 Å². The van der Waals surface area contributed by atoms with Crippen LogP contribution in [0, 0.1) is 5.41 Å². The second-order valence-corrected chi connectivity index (χ2v) is 8.52. The van der Waals surface area contributed by atoms with Crippen LogP contribution in [-0.2, 0) is 28.8 Å². The number of carbonyl (C=O) groups excluding carboxylic acids is 3. The molecule has 2 aliphatic rings. The number of hydrogen-bond acceptors (Lipinski definition) is 10. The van der Waals surface area contributed by atoms with E-state index in [4.69, 9.17) is 9.57 Å². The van der Waals surface area contributed by atoms with Gasteiger partial charge in [0.2, 0.25) is 12.3 Å². The molecule has 0 spiro atoms. The van der Waals surface area contributed by atoms with Gasteiger partial charge in [-0.1, -0.05) is 5.16 Å². The summed E-state index contributed by atoms with van der Waals surface area (Å²) < 4.78 is 5.04. The minimum atomic E-state index is -1.19. The van der Waals surface area contributed by atoms with Crippen molar-refractivity contribution in [3.05, 3.63) is 11.1 Å². The Morgan fingerprint density at radius 2 is 2.27 bits per heavy atom. The molecule has 3 rings (SSSR count). The molecule has 0 aliphatic carbocycles. The molecule has 1 aromatic rings. The average molecular weight is 457 g/mol. The number of hydrogen-bond donors (Lipinski definition) is 3. The number of rotatable bonds is 9. The summed E-state index contributed by atoms with van der Waals surface area (Å²) in [7, 11) is 2.67. The fourth-order valence-corrected chi connectivity index (χ4v) is 5.36. The van der Waals surface area contributed by atoms with E-state index >= 15 is 0 Å². The third-order valence-corrected chi connectivity index (χ3v) is 6.99. The molecule has 2 aliphatic heterocycles. The Balaban J connectivity index is 1.70. The molecule has 3 amide bonds. The number of thiazole rings is 1. The third kappa shape index (κ3) is 3.97. The van der Waals surface area contributed by atoms with Gasteiger partial charge in [-0.05, 0) is 0 Å². The van der Waals surface area contributed by atoms with E-state index in [1.165, 1.54) is 36.3 Å². The van der Waals surface area contributed by atoms with Gasteiger partial charge in [-0.3, -0.25) is 19.2 Å². The van der Waals surface area contributed by atoms with E-state index < -0.39 is 28.7 Å². The zero-order valence-corrected chi connectivity index (χ0v) is 17.6. The maximum atomic E-state index is 12.7. The Morgan fingerprint density at radius 3 is 2.90 bits per heavy atom. The molecule has 0 bridgehead atoms. The highest BCUT2D eigenvalue weighted by Gasteiger charge is 2.57. The first-order chi connectivity index (χ1) is 14.4. The molecule has 2 fully saturated rings. The standard InChI is InChI=1S/C16H19N5O7S2/c1-27-5-16(14(25)26)4-21-12(24)10(13(21)30-6-16)19-11(23)9(20-28-2)8-3-29-15(18-8)17-7-22/h3,7,10,13H,4-6H2,1-2H3,(H,19,23)(H,25,26)(H,17,18,22)/t10?,13-,16?/m1/s1. The van der Waals surface area contributed by atoms with E-state index in [0.29, 0.717) is 6.41 Å². The number of aromatic nitrogens is 1. The van der Waals surface area contributed by atoms with Crippen molar-refractivity contribution in [1.29, 1.82) is 0 Å². The molecule has 0 radical (unpaired) electrons. The number of aliphatic carboxylic acids is 1. The van der Waals surface area contributed by atoms with Crippen LogP contribution in [0.1, 0.15) is 5.69 Å². The molecule has 1 aromatic heterocycles. The van der Waals surface area contributed by atoms with Crippen LogP contribution in [0.3, 0.4) is 0 Å². The van der Waals surface area contributed by atoms with Crippen LogP contribution >= 0.6 is 23.1 Å². The monoisotopic (exact) mass is 457 g/mol. The van der Waals surface area contributed by atoms with Crippen LogP contribution in [-0.4, -0.2) is 89.4 Å². The predicted octanol–water partition coefficient (Wildman–Crippen LogP) is -0.821. The lowest BCUT2D eigenvalue weighted by Gasteiger charge is -2.53. The largest absolute Gasteiger partial charge is 0.481 e. The van der Waals surface area contributed by atoms with E-state index in [1.54, 1.807) is 0 Å². The van der Waals surface area contributed by atoms with Gasteiger partial charge in [0.05, 0.1) is 6.61 Å².